The van der Waals surface area contributed by atoms with E-state index in [-0.39, 0.29) is 35.5 Å². The van der Waals surface area contributed by atoms with E-state index in [0.29, 0.717) is 19.6 Å². The summed E-state index contributed by atoms with van der Waals surface area (Å²) in [4.78, 5) is 10.1. The van der Waals surface area contributed by atoms with Gasteiger partial charge in [0.2, 0.25) is 0 Å². The van der Waals surface area contributed by atoms with Crippen molar-refractivity contribution in [3.05, 3.63) is 35.5 Å². The van der Waals surface area contributed by atoms with E-state index in [0.717, 1.165) is 32.0 Å². The number of hydrogen-bond donors (Lipinski definition) is 3. The molecule has 7 nitrogen and oxygen atoms in total. The highest BCUT2D eigenvalue weighted by atomic mass is 127. The van der Waals surface area contributed by atoms with Crippen LogP contribution < -0.4 is 10.6 Å². The monoisotopic (exact) mass is 533 g/mol. The maximum Gasteiger partial charge on any atom is 0.191 e. The van der Waals surface area contributed by atoms with E-state index in [1.165, 1.54) is 22.0 Å². The van der Waals surface area contributed by atoms with Crippen molar-refractivity contribution >= 4 is 50.7 Å². The number of aromatic nitrogens is 1. The van der Waals surface area contributed by atoms with Crippen LogP contribution >= 0.6 is 24.0 Å². The molecular formula is C20H32IN5O2S. The Kier molecular flexibility index (Phi) is 9.22. The summed E-state index contributed by atoms with van der Waals surface area (Å²) >= 11 is 0. The van der Waals surface area contributed by atoms with Gasteiger partial charge in [0.25, 0.3) is 0 Å². The maximum absolute atomic E-state index is 11.5. The number of fused-ring (bicyclic) bond motifs is 1. The van der Waals surface area contributed by atoms with Crippen LogP contribution in [0.25, 0.3) is 10.9 Å². The third kappa shape index (κ3) is 7.14. The molecule has 0 aliphatic carbocycles. The lowest BCUT2D eigenvalue weighted by Gasteiger charge is -2.25. The van der Waals surface area contributed by atoms with Crippen molar-refractivity contribution in [2.75, 3.05) is 50.8 Å². The zero-order chi connectivity index (χ0) is 20.0. The third-order valence-electron chi connectivity index (χ3n) is 5.08. The van der Waals surface area contributed by atoms with Crippen LogP contribution in [0.5, 0.6) is 0 Å². The molecule has 2 aromatic rings. The summed E-state index contributed by atoms with van der Waals surface area (Å²) in [6.07, 6.45) is 3.00. The Hall–Kier alpha value is -1.33. The second-order valence-electron chi connectivity index (χ2n) is 7.29. The molecule has 3 rings (SSSR count). The Balaban J connectivity index is 0.00000300. The first-order valence-electron chi connectivity index (χ1n) is 9.98. The van der Waals surface area contributed by atoms with Crippen LogP contribution in [0.4, 0.5) is 0 Å². The van der Waals surface area contributed by atoms with Crippen LogP contribution in [0.1, 0.15) is 18.1 Å². The van der Waals surface area contributed by atoms with Gasteiger partial charge < -0.3 is 15.6 Å². The van der Waals surface area contributed by atoms with Gasteiger partial charge >= 0.3 is 0 Å². The summed E-state index contributed by atoms with van der Waals surface area (Å²) < 4.78 is 23.0. The van der Waals surface area contributed by atoms with E-state index in [9.17, 15) is 8.42 Å². The van der Waals surface area contributed by atoms with Gasteiger partial charge in [0.05, 0.1) is 18.1 Å². The van der Waals surface area contributed by atoms with Crippen molar-refractivity contribution in [2.24, 2.45) is 4.99 Å². The minimum absolute atomic E-state index is 0. The standard InChI is InChI=1S/C20H31N5O2S.HI/c1-3-21-20(23-8-9-25-10-12-28(26,27)13-11-25)22-7-6-17-15-24-19-14-16(2)4-5-18(17)19;/h4-5,14-15,24H,3,6-13H2,1-2H3,(H2,21,22,23);1H. The fourth-order valence-corrected chi connectivity index (χ4v) is 4.72. The van der Waals surface area contributed by atoms with Gasteiger partial charge in [-0.15, -0.1) is 24.0 Å². The molecule has 1 aromatic heterocycles. The topological polar surface area (TPSA) is 89.6 Å². The third-order valence-corrected chi connectivity index (χ3v) is 6.69. The van der Waals surface area contributed by atoms with Crippen molar-refractivity contribution in [3.8, 4) is 0 Å². The molecule has 0 bridgehead atoms. The van der Waals surface area contributed by atoms with Crippen LogP contribution in [0.15, 0.2) is 29.4 Å². The Morgan fingerprint density at radius 3 is 2.72 bits per heavy atom. The predicted molar refractivity (Wildman–Crippen MR) is 131 cm³/mol. The van der Waals surface area contributed by atoms with Gasteiger partial charge in [-0.1, -0.05) is 12.1 Å². The molecule has 1 aliphatic rings. The summed E-state index contributed by atoms with van der Waals surface area (Å²) in [6, 6.07) is 6.49. The second kappa shape index (κ2) is 11.2. The molecule has 162 valence electrons. The lowest BCUT2D eigenvalue weighted by atomic mass is 10.1. The zero-order valence-corrected chi connectivity index (χ0v) is 20.3. The Morgan fingerprint density at radius 1 is 1.24 bits per heavy atom. The molecule has 29 heavy (non-hydrogen) atoms. The van der Waals surface area contributed by atoms with Gasteiger partial charge in [-0.05, 0) is 37.5 Å². The minimum Gasteiger partial charge on any atom is -0.361 e. The molecule has 1 fully saturated rings. The largest absolute Gasteiger partial charge is 0.361 e. The molecule has 0 spiro atoms. The van der Waals surface area contributed by atoms with E-state index >= 15 is 0 Å². The number of benzene rings is 1. The predicted octanol–water partition coefficient (Wildman–Crippen LogP) is 1.92. The van der Waals surface area contributed by atoms with Crippen molar-refractivity contribution in [1.29, 1.82) is 0 Å². The molecule has 9 heteroatoms. The zero-order valence-electron chi connectivity index (χ0n) is 17.2. The number of nitrogens with one attached hydrogen (secondary N) is 3. The first-order chi connectivity index (χ1) is 13.5. The summed E-state index contributed by atoms with van der Waals surface area (Å²) in [5.41, 5.74) is 3.74. The fraction of sp³-hybridized carbons (Fsp3) is 0.550. The number of sulfone groups is 1. The number of nitrogens with zero attached hydrogens (tertiary/aromatic N) is 2. The summed E-state index contributed by atoms with van der Waals surface area (Å²) in [6.45, 7) is 8.42. The Bertz CT molecular complexity index is 912. The van der Waals surface area contributed by atoms with E-state index in [1.54, 1.807) is 0 Å². The van der Waals surface area contributed by atoms with Gasteiger partial charge in [0.1, 0.15) is 0 Å². The highest BCUT2D eigenvalue weighted by Gasteiger charge is 2.20. The molecule has 0 unspecified atom stereocenters. The van der Waals surface area contributed by atoms with E-state index in [2.05, 4.69) is 63.8 Å². The quantitative estimate of drug-likeness (QED) is 0.288. The first kappa shape index (κ1) is 23.9. The number of aryl methyl sites for hydroxylation is 1. The van der Waals surface area contributed by atoms with Crippen LogP contribution in [0.2, 0.25) is 0 Å². The van der Waals surface area contributed by atoms with Gasteiger partial charge in [-0.25, -0.2) is 8.42 Å². The fourth-order valence-electron chi connectivity index (χ4n) is 3.44. The average Bonchev–Trinajstić information content (AvgIpc) is 3.05. The van der Waals surface area contributed by atoms with Crippen LogP contribution in [-0.2, 0) is 16.3 Å². The minimum atomic E-state index is -2.82. The van der Waals surface area contributed by atoms with Crippen LogP contribution in [-0.4, -0.2) is 75.0 Å². The number of guanidine groups is 1. The van der Waals surface area contributed by atoms with Gasteiger partial charge in [0, 0.05) is 49.8 Å². The summed E-state index contributed by atoms with van der Waals surface area (Å²) in [5, 5.41) is 7.94. The lowest BCUT2D eigenvalue weighted by Crippen LogP contribution is -2.42. The average molecular weight is 533 g/mol. The number of hydrogen-bond acceptors (Lipinski definition) is 4. The molecule has 3 N–H and O–H groups in total. The van der Waals surface area contributed by atoms with Gasteiger partial charge in [0.15, 0.2) is 15.8 Å². The molecule has 0 radical (unpaired) electrons. The Labute approximate surface area is 190 Å². The molecule has 0 saturated carbocycles. The molecule has 1 aliphatic heterocycles. The number of H-pyrrole nitrogens is 1. The van der Waals surface area contributed by atoms with Crippen molar-refractivity contribution < 1.29 is 8.42 Å². The Morgan fingerprint density at radius 2 is 2.00 bits per heavy atom. The van der Waals surface area contributed by atoms with E-state index < -0.39 is 9.84 Å². The van der Waals surface area contributed by atoms with Crippen molar-refractivity contribution in [1.82, 2.24) is 20.5 Å². The number of aromatic amines is 1. The van der Waals surface area contributed by atoms with Crippen molar-refractivity contribution in [2.45, 2.75) is 20.3 Å². The molecule has 0 atom stereocenters. The molecule has 1 aromatic carbocycles. The SMILES string of the molecule is CCNC(=NCCN1CCS(=O)(=O)CC1)NCCc1c[nH]c2cc(C)ccc12.I. The maximum atomic E-state index is 11.5. The number of rotatable bonds is 7. The van der Waals surface area contributed by atoms with Gasteiger partial charge in [-0.3, -0.25) is 9.89 Å². The summed E-state index contributed by atoms with van der Waals surface area (Å²) in [7, 11) is -2.82. The van der Waals surface area contributed by atoms with Crippen LogP contribution in [0, 0.1) is 6.92 Å². The highest BCUT2D eigenvalue weighted by molar-refractivity contribution is 14.0. The second-order valence-corrected chi connectivity index (χ2v) is 9.60. The van der Waals surface area contributed by atoms with Gasteiger partial charge in [-0.2, -0.15) is 0 Å². The van der Waals surface area contributed by atoms with E-state index in [4.69, 9.17) is 0 Å². The lowest BCUT2D eigenvalue weighted by molar-refractivity contribution is 0.304. The molecule has 2 heterocycles. The van der Waals surface area contributed by atoms with Crippen LogP contribution in [0.3, 0.4) is 0 Å². The van der Waals surface area contributed by atoms with E-state index in [1.807, 2.05) is 0 Å². The number of aliphatic imine (C=N–C) groups is 1. The first-order valence-corrected chi connectivity index (χ1v) is 11.8. The number of halogens is 1. The smallest absolute Gasteiger partial charge is 0.191 e. The molecular weight excluding hydrogens is 501 g/mol. The normalized spacial score (nSPS) is 17.1. The molecule has 1 saturated heterocycles. The summed E-state index contributed by atoms with van der Waals surface area (Å²) in [5.74, 6) is 1.33. The highest BCUT2D eigenvalue weighted by Crippen LogP contribution is 2.19. The molecule has 0 amide bonds. The van der Waals surface area contributed by atoms with Crippen molar-refractivity contribution in [3.63, 3.8) is 0 Å².